The molecule has 1 amide bonds. The number of ether oxygens (including phenoxy) is 1. The van der Waals surface area contributed by atoms with E-state index in [2.05, 4.69) is 10.6 Å². The maximum absolute atomic E-state index is 12.3. The third-order valence-electron chi connectivity index (χ3n) is 3.59. The van der Waals surface area contributed by atoms with Crippen LogP contribution in [0.25, 0.3) is 0 Å². The molecule has 0 bridgehead atoms. The van der Waals surface area contributed by atoms with E-state index in [9.17, 15) is 14.4 Å². The van der Waals surface area contributed by atoms with Crippen LogP contribution in [0.3, 0.4) is 0 Å². The molecule has 26 heavy (non-hydrogen) atoms. The number of carbonyl (C=O) groups excluding carboxylic acids is 2. The Balaban J connectivity index is 1.81. The summed E-state index contributed by atoms with van der Waals surface area (Å²) in [6.07, 6.45) is -1.11. The molecule has 1 atom stereocenters. The highest BCUT2D eigenvalue weighted by Crippen LogP contribution is 2.26. The van der Waals surface area contributed by atoms with Crippen LogP contribution < -0.4 is 10.6 Å². The van der Waals surface area contributed by atoms with Crippen LogP contribution in [0.15, 0.2) is 65.3 Å². The zero-order valence-electron chi connectivity index (χ0n) is 13.2. The van der Waals surface area contributed by atoms with Gasteiger partial charge in [-0.2, -0.15) is 0 Å². The van der Waals surface area contributed by atoms with Crippen LogP contribution in [0.1, 0.15) is 20.7 Å². The van der Waals surface area contributed by atoms with Crippen molar-refractivity contribution in [3.8, 4) is 0 Å². The largest absolute Gasteiger partial charge is 0.478 e. The molecule has 1 aliphatic heterocycles. The number of rotatable bonds is 5. The van der Waals surface area contributed by atoms with Gasteiger partial charge in [0.1, 0.15) is 5.70 Å². The lowest BCUT2D eigenvalue weighted by Gasteiger charge is -2.17. The van der Waals surface area contributed by atoms with Gasteiger partial charge in [0.05, 0.1) is 5.56 Å². The van der Waals surface area contributed by atoms with Gasteiger partial charge >= 0.3 is 11.9 Å². The number of carbonyl (C=O) groups is 3. The molecule has 0 radical (unpaired) electrons. The molecule has 0 saturated heterocycles. The molecule has 0 aromatic heterocycles. The first-order valence-electron chi connectivity index (χ1n) is 7.52. The van der Waals surface area contributed by atoms with Gasteiger partial charge in [-0.1, -0.05) is 35.9 Å². The molecule has 1 heterocycles. The summed E-state index contributed by atoms with van der Waals surface area (Å²) in [7, 11) is 0. The smallest absolute Gasteiger partial charge is 0.354 e. The highest BCUT2D eigenvalue weighted by molar-refractivity contribution is 6.42. The minimum absolute atomic E-state index is 0.0573. The summed E-state index contributed by atoms with van der Waals surface area (Å²) in [5, 5.41) is 14.2. The Labute approximate surface area is 153 Å². The normalized spacial score (nSPS) is 16.2. The zero-order valence-corrected chi connectivity index (χ0v) is 14.0. The van der Waals surface area contributed by atoms with Gasteiger partial charge < -0.3 is 20.5 Å². The molecule has 0 fully saturated rings. The van der Waals surface area contributed by atoms with Crippen molar-refractivity contribution in [1.82, 2.24) is 5.32 Å². The summed E-state index contributed by atoms with van der Waals surface area (Å²) in [6, 6.07) is 14.3. The lowest BCUT2D eigenvalue weighted by molar-refractivity contribution is -0.139. The molecule has 0 saturated carbocycles. The second-order valence-electron chi connectivity index (χ2n) is 5.36. The summed E-state index contributed by atoms with van der Waals surface area (Å²) in [5.41, 5.74) is 0.958. The van der Waals surface area contributed by atoms with E-state index in [1.807, 2.05) is 0 Å². The second-order valence-corrected chi connectivity index (χ2v) is 5.74. The molecule has 2 aromatic carbocycles. The Morgan fingerprint density at radius 2 is 1.73 bits per heavy atom. The van der Waals surface area contributed by atoms with Crippen molar-refractivity contribution in [3.63, 3.8) is 0 Å². The Bertz CT molecular complexity index is 911. The standard InChI is InChI=1S/C18H13ClN2O5/c19-13-14(20-12-8-4-7-11(9-12)17(23)24)16(26-18(13)25)21-15(22)10-5-2-1-3-6-10/h1-9,16,20H,(H,21,22)(H,23,24). The number of amides is 1. The minimum atomic E-state index is -1.11. The van der Waals surface area contributed by atoms with Gasteiger partial charge in [-0.05, 0) is 30.3 Å². The molecule has 132 valence electrons. The van der Waals surface area contributed by atoms with Crippen LogP contribution >= 0.6 is 11.6 Å². The van der Waals surface area contributed by atoms with E-state index in [1.54, 1.807) is 36.4 Å². The van der Waals surface area contributed by atoms with Crippen molar-refractivity contribution >= 4 is 35.1 Å². The Kier molecular flexibility index (Phi) is 4.90. The molecule has 0 spiro atoms. The summed E-state index contributed by atoms with van der Waals surface area (Å²) >= 11 is 5.98. The van der Waals surface area contributed by atoms with Gasteiger partial charge in [0.15, 0.2) is 5.03 Å². The SMILES string of the molecule is O=C1OC(NC(=O)c2ccccc2)C(Nc2cccc(C(=O)O)c2)=C1Cl. The first-order valence-corrected chi connectivity index (χ1v) is 7.90. The first kappa shape index (κ1) is 17.5. The van der Waals surface area contributed by atoms with Gasteiger partial charge in [-0.25, -0.2) is 9.59 Å². The topological polar surface area (TPSA) is 105 Å². The summed E-state index contributed by atoms with van der Waals surface area (Å²) in [4.78, 5) is 35.1. The highest BCUT2D eigenvalue weighted by Gasteiger charge is 2.34. The van der Waals surface area contributed by atoms with E-state index in [0.29, 0.717) is 11.3 Å². The summed E-state index contributed by atoms with van der Waals surface area (Å²) in [5.74, 6) is -2.34. The van der Waals surface area contributed by atoms with Crippen LogP contribution in [-0.2, 0) is 9.53 Å². The van der Waals surface area contributed by atoms with Crippen LogP contribution in [0, 0.1) is 0 Å². The average Bonchev–Trinajstić information content (AvgIpc) is 2.90. The molecular formula is C18H13ClN2O5. The van der Waals surface area contributed by atoms with E-state index in [-0.39, 0.29) is 16.3 Å². The molecule has 3 N–H and O–H groups in total. The number of esters is 1. The predicted octanol–water partition coefficient (Wildman–Crippen LogP) is 2.56. The molecule has 2 aromatic rings. The Morgan fingerprint density at radius 1 is 1.04 bits per heavy atom. The fourth-order valence-corrected chi connectivity index (χ4v) is 2.53. The monoisotopic (exact) mass is 372 g/mol. The molecule has 1 unspecified atom stereocenters. The van der Waals surface area contributed by atoms with E-state index in [0.717, 1.165) is 0 Å². The Morgan fingerprint density at radius 3 is 2.42 bits per heavy atom. The van der Waals surface area contributed by atoms with Gasteiger partial charge in [-0.3, -0.25) is 4.79 Å². The maximum atomic E-state index is 12.3. The van der Waals surface area contributed by atoms with E-state index >= 15 is 0 Å². The number of carboxylic acid groups (broad SMARTS) is 1. The number of hydrogen-bond acceptors (Lipinski definition) is 5. The first-order chi connectivity index (χ1) is 12.5. The zero-order chi connectivity index (χ0) is 18.7. The van der Waals surface area contributed by atoms with E-state index in [4.69, 9.17) is 21.4 Å². The van der Waals surface area contributed by atoms with Gasteiger partial charge in [0.25, 0.3) is 5.91 Å². The molecule has 3 rings (SSSR count). The second kappa shape index (κ2) is 7.28. The van der Waals surface area contributed by atoms with Crippen molar-refractivity contribution < 1.29 is 24.2 Å². The number of halogens is 1. The predicted molar refractivity (Wildman–Crippen MR) is 93.7 cm³/mol. The minimum Gasteiger partial charge on any atom is -0.478 e. The summed E-state index contributed by atoms with van der Waals surface area (Å²) in [6.45, 7) is 0. The molecule has 8 heteroatoms. The van der Waals surface area contributed by atoms with Crippen molar-refractivity contribution in [2.75, 3.05) is 5.32 Å². The number of benzene rings is 2. The maximum Gasteiger partial charge on any atom is 0.354 e. The molecular weight excluding hydrogens is 360 g/mol. The number of cyclic esters (lactones) is 1. The lowest BCUT2D eigenvalue weighted by atomic mass is 10.2. The number of nitrogens with one attached hydrogen (secondary N) is 2. The van der Waals surface area contributed by atoms with Gasteiger partial charge in [-0.15, -0.1) is 0 Å². The van der Waals surface area contributed by atoms with Crippen LogP contribution in [0.4, 0.5) is 5.69 Å². The number of hydrogen-bond donors (Lipinski definition) is 3. The summed E-state index contributed by atoms with van der Waals surface area (Å²) < 4.78 is 5.07. The average molecular weight is 373 g/mol. The fourth-order valence-electron chi connectivity index (χ4n) is 2.34. The molecule has 1 aliphatic rings. The lowest BCUT2D eigenvalue weighted by Crippen LogP contribution is -2.38. The highest BCUT2D eigenvalue weighted by atomic mass is 35.5. The molecule has 7 nitrogen and oxygen atoms in total. The van der Waals surface area contributed by atoms with Crippen LogP contribution in [0.5, 0.6) is 0 Å². The van der Waals surface area contributed by atoms with Crippen molar-refractivity contribution in [2.45, 2.75) is 6.23 Å². The van der Waals surface area contributed by atoms with Crippen molar-refractivity contribution in [1.29, 1.82) is 0 Å². The van der Waals surface area contributed by atoms with Gasteiger partial charge in [0.2, 0.25) is 6.23 Å². The third kappa shape index (κ3) is 3.68. The number of anilines is 1. The third-order valence-corrected chi connectivity index (χ3v) is 3.95. The molecule has 0 aliphatic carbocycles. The van der Waals surface area contributed by atoms with E-state index < -0.39 is 24.1 Å². The van der Waals surface area contributed by atoms with Gasteiger partial charge in [0, 0.05) is 11.3 Å². The quantitative estimate of drug-likeness (QED) is 0.697. The van der Waals surface area contributed by atoms with E-state index in [1.165, 1.54) is 18.2 Å². The fraction of sp³-hybridized carbons (Fsp3) is 0.0556. The number of aromatic carboxylic acids is 1. The number of carboxylic acids is 1. The van der Waals surface area contributed by atoms with Crippen LogP contribution in [0.2, 0.25) is 0 Å². The van der Waals surface area contributed by atoms with Crippen molar-refractivity contribution in [2.24, 2.45) is 0 Å². The Hall–Kier alpha value is -3.32. The van der Waals surface area contributed by atoms with Crippen molar-refractivity contribution in [3.05, 3.63) is 76.5 Å². The van der Waals surface area contributed by atoms with Crippen LogP contribution in [-0.4, -0.2) is 29.2 Å².